The summed E-state index contributed by atoms with van der Waals surface area (Å²) in [5, 5.41) is 47.5. The standard InChI is InChI=1S/C22H47NO5/c1-3-4-5-6-7-8-9-10-11-12-13-14-15-16-23(2)17-19(25)21(27)22(28)20(26)18-24/h19-22,24-28H,3-18H2,1-2H3/t19-,20+,21+,22+/m0/s1. The molecule has 0 aliphatic carbocycles. The van der Waals surface area contributed by atoms with E-state index in [1.807, 2.05) is 11.9 Å². The summed E-state index contributed by atoms with van der Waals surface area (Å²) in [5.41, 5.74) is 0. The van der Waals surface area contributed by atoms with Crippen LogP contribution in [0.5, 0.6) is 0 Å². The lowest BCUT2D eigenvalue weighted by Crippen LogP contribution is -2.49. The number of hydrogen-bond donors (Lipinski definition) is 5. The Balaban J connectivity index is 3.53. The van der Waals surface area contributed by atoms with Gasteiger partial charge in [-0.05, 0) is 20.0 Å². The zero-order chi connectivity index (χ0) is 21.2. The highest BCUT2D eigenvalue weighted by Crippen LogP contribution is 2.13. The minimum Gasteiger partial charge on any atom is -0.394 e. The van der Waals surface area contributed by atoms with Gasteiger partial charge in [0.05, 0.1) is 12.7 Å². The quantitative estimate of drug-likeness (QED) is 0.199. The normalized spacial score (nSPS) is 16.3. The van der Waals surface area contributed by atoms with Gasteiger partial charge in [0.15, 0.2) is 0 Å². The maximum Gasteiger partial charge on any atom is 0.111 e. The van der Waals surface area contributed by atoms with Crippen molar-refractivity contribution in [2.24, 2.45) is 0 Å². The van der Waals surface area contributed by atoms with Crippen LogP contribution >= 0.6 is 0 Å². The molecular formula is C22H47NO5. The van der Waals surface area contributed by atoms with E-state index in [2.05, 4.69) is 6.92 Å². The summed E-state index contributed by atoms with van der Waals surface area (Å²) in [6, 6.07) is 0. The van der Waals surface area contributed by atoms with E-state index in [4.69, 9.17) is 5.11 Å². The average molecular weight is 406 g/mol. The van der Waals surface area contributed by atoms with Crippen LogP contribution in [0.3, 0.4) is 0 Å². The number of nitrogens with zero attached hydrogens (tertiary/aromatic N) is 1. The average Bonchev–Trinajstić information content (AvgIpc) is 2.69. The monoisotopic (exact) mass is 405 g/mol. The van der Waals surface area contributed by atoms with E-state index in [0.717, 1.165) is 19.4 Å². The molecule has 0 saturated heterocycles. The first-order valence-electron chi connectivity index (χ1n) is 11.5. The number of aliphatic hydroxyl groups is 5. The molecule has 0 aliphatic heterocycles. The van der Waals surface area contributed by atoms with Crippen molar-refractivity contribution in [2.45, 2.75) is 115 Å². The molecule has 6 heteroatoms. The molecular weight excluding hydrogens is 358 g/mol. The van der Waals surface area contributed by atoms with E-state index in [0.29, 0.717) is 0 Å². The van der Waals surface area contributed by atoms with Crippen molar-refractivity contribution in [1.29, 1.82) is 0 Å². The van der Waals surface area contributed by atoms with Gasteiger partial charge in [-0.15, -0.1) is 0 Å². The van der Waals surface area contributed by atoms with Gasteiger partial charge < -0.3 is 30.4 Å². The third kappa shape index (κ3) is 14.7. The van der Waals surface area contributed by atoms with E-state index in [1.165, 1.54) is 70.6 Å². The minimum atomic E-state index is -1.55. The fourth-order valence-corrected chi connectivity index (χ4v) is 3.48. The van der Waals surface area contributed by atoms with Crippen LogP contribution < -0.4 is 0 Å². The number of unbranched alkanes of at least 4 members (excludes halogenated alkanes) is 12. The summed E-state index contributed by atoms with van der Waals surface area (Å²) < 4.78 is 0. The van der Waals surface area contributed by atoms with E-state index in [9.17, 15) is 20.4 Å². The second kappa shape index (κ2) is 18.8. The van der Waals surface area contributed by atoms with Crippen LogP contribution in [0, 0.1) is 0 Å². The first-order valence-corrected chi connectivity index (χ1v) is 11.5. The fraction of sp³-hybridized carbons (Fsp3) is 1.00. The topological polar surface area (TPSA) is 104 Å². The zero-order valence-corrected chi connectivity index (χ0v) is 18.3. The van der Waals surface area contributed by atoms with Crippen LogP contribution in [-0.4, -0.2) is 81.6 Å². The molecule has 6 nitrogen and oxygen atoms in total. The minimum absolute atomic E-state index is 0.217. The van der Waals surface area contributed by atoms with Gasteiger partial charge in [0, 0.05) is 6.54 Å². The van der Waals surface area contributed by atoms with Crippen molar-refractivity contribution in [2.75, 3.05) is 26.7 Å². The first-order chi connectivity index (χ1) is 13.4. The number of rotatable bonds is 20. The summed E-state index contributed by atoms with van der Waals surface area (Å²) in [6.07, 6.45) is 11.4. The molecule has 0 aliphatic rings. The molecule has 0 fully saturated rings. The van der Waals surface area contributed by atoms with Crippen LogP contribution in [0.2, 0.25) is 0 Å². The Labute approximate surface area is 172 Å². The van der Waals surface area contributed by atoms with Gasteiger partial charge in [0.2, 0.25) is 0 Å². The summed E-state index contributed by atoms with van der Waals surface area (Å²) in [6.45, 7) is 2.64. The van der Waals surface area contributed by atoms with Crippen molar-refractivity contribution in [1.82, 2.24) is 4.90 Å². The van der Waals surface area contributed by atoms with Gasteiger partial charge in [0.25, 0.3) is 0 Å². The molecule has 28 heavy (non-hydrogen) atoms. The van der Waals surface area contributed by atoms with Gasteiger partial charge in [-0.2, -0.15) is 0 Å². The van der Waals surface area contributed by atoms with Gasteiger partial charge >= 0.3 is 0 Å². The lowest BCUT2D eigenvalue weighted by molar-refractivity contribution is -0.118. The molecule has 0 saturated carbocycles. The van der Waals surface area contributed by atoms with Crippen molar-refractivity contribution >= 4 is 0 Å². The van der Waals surface area contributed by atoms with Crippen LogP contribution in [-0.2, 0) is 0 Å². The molecule has 0 radical (unpaired) electrons. The van der Waals surface area contributed by atoms with Crippen LogP contribution in [0.25, 0.3) is 0 Å². The molecule has 0 heterocycles. The first kappa shape index (κ1) is 27.8. The summed E-state index contributed by atoms with van der Waals surface area (Å²) in [4.78, 5) is 1.92. The number of hydrogen-bond acceptors (Lipinski definition) is 6. The Morgan fingerprint density at radius 1 is 0.607 bits per heavy atom. The lowest BCUT2D eigenvalue weighted by atomic mass is 10.0. The van der Waals surface area contributed by atoms with Crippen molar-refractivity contribution in [3.63, 3.8) is 0 Å². The SMILES string of the molecule is CCCCCCCCCCCCCCCN(C)C[C@H](O)[C@@H](O)[C@H](O)[C@H](O)CO. The highest BCUT2D eigenvalue weighted by molar-refractivity contribution is 4.82. The predicted molar refractivity (Wildman–Crippen MR) is 114 cm³/mol. The molecule has 0 rings (SSSR count). The largest absolute Gasteiger partial charge is 0.394 e. The lowest BCUT2D eigenvalue weighted by Gasteiger charge is -2.28. The van der Waals surface area contributed by atoms with Crippen molar-refractivity contribution in [3.8, 4) is 0 Å². The third-order valence-corrected chi connectivity index (χ3v) is 5.47. The molecule has 0 aromatic heterocycles. The van der Waals surface area contributed by atoms with E-state index >= 15 is 0 Å². The second-order valence-electron chi connectivity index (χ2n) is 8.30. The maximum atomic E-state index is 9.96. The van der Waals surface area contributed by atoms with E-state index in [1.54, 1.807) is 0 Å². The Hall–Kier alpha value is -0.240. The van der Waals surface area contributed by atoms with Crippen molar-refractivity contribution < 1.29 is 25.5 Å². The Morgan fingerprint density at radius 3 is 1.43 bits per heavy atom. The zero-order valence-electron chi connectivity index (χ0n) is 18.3. The smallest absolute Gasteiger partial charge is 0.111 e. The van der Waals surface area contributed by atoms with Gasteiger partial charge in [-0.25, -0.2) is 0 Å². The predicted octanol–water partition coefficient (Wildman–Crippen LogP) is 2.45. The third-order valence-electron chi connectivity index (χ3n) is 5.47. The molecule has 5 N–H and O–H groups in total. The molecule has 0 amide bonds. The van der Waals surface area contributed by atoms with Gasteiger partial charge in [-0.1, -0.05) is 84.0 Å². The maximum absolute atomic E-state index is 9.96. The van der Waals surface area contributed by atoms with Gasteiger partial charge in [0.1, 0.15) is 18.3 Å². The molecule has 0 aromatic rings. The number of aliphatic hydroxyl groups excluding tert-OH is 5. The Bertz CT molecular complexity index is 332. The highest BCUT2D eigenvalue weighted by Gasteiger charge is 2.30. The summed E-state index contributed by atoms with van der Waals surface area (Å²) in [7, 11) is 1.87. The molecule has 0 unspecified atom stereocenters. The Morgan fingerprint density at radius 2 is 1.00 bits per heavy atom. The van der Waals surface area contributed by atoms with Crippen LogP contribution in [0.15, 0.2) is 0 Å². The second-order valence-corrected chi connectivity index (χ2v) is 8.30. The molecule has 0 spiro atoms. The highest BCUT2D eigenvalue weighted by atomic mass is 16.4. The fourth-order valence-electron chi connectivity index (χ4n) is 3.48. The van der Waals surface area contributed by atoms with Crippen molar-refractivity contribution in [3.05, 3.63) is 0 Å². The molecule has 4 atom stereocenters. The number of likely N-dealkylation sites (N-methyl/N-ethyl adjacent to an activating group) is 1. The summed E-state index contributed by atoms with van der Waals surface area (Å²) in [5.74, 6) is 0. The van der Waals surface area contributed by atoms with Crippen LogP contribution in [0.1, 0.15) is 90.4 Å². The van der Waals surface area contributed by atoms with E-state index in [-0.39, 0.29) is 6.54 Å². The molecule has 0 aromatic carbocycles. The Kier molecular flexibility index (Phi) is 18.6. The van der Waals surface area contributed by atoms with Crippen LogP contribution in [0.4, 0.5) is 0 Å². The van der Waals surface area contributed by atoms with E-state index < -0.39 is 31.0 Å². The molecule has 170 valence electrons. The van der Waals surface area contributed by atoms with Gasteiger partial charge in [-0.3, -0.25) is 0 Å². The molecule has 0 bridgehead atoms. The summed E-state index contributed by atoms with van der Waals surface area (Å²) >= 11 is 0.